The number of benzene rings is 2. The zero-order valence-corrected chi connectivity index (χ0v) is 14.1. The first-order valence-electron chi connectivity index (χ1n) is 7.02. The van der Waals surface area contributed by atoms with Gasteiger partial charge in [0.05, 0.1) is 0 Å². The van der Waals surface area contributed by atoms with Crippen LogP contribution in [-0.4, -0.2) is 12.5 Å². The Morgan fingerprint density at radius 1 is 1.09 bits per heavy atom. The fourth-order valence-electron chi connectivity index (χ4n) is 2.08. The molecule has 22 heavy (non-hydrogen) atoms. The number of nitrogens with one attached hydrogen (secondary N) is 2. The van der Waals surface area contributed by atoms with Crippen molar-refractivity contribution < 1.29 is 4.79 Å². The van der Waals surface area contributed by atoms with E-state index in [0.29, 0.717) is 23.0 Å². The number of carbonyl (C=O) groups is 1. The molecule has 0 atom stereocenters. The number of halogens is 2. The molecule has 2 N–H and O–H groups in total. The van der Waals surface area contributed by atoms with E-state index in [4.69, 9.17) is 23.2 Å². The van der Waals surface area contributed by atoms with Gasteiger partial charge in [-0.1, -0.05) is 35.3 Å². The zero-order valence-electron chi connectivity index (χ0n) is 12.5. The average molecular weight is 337 g/mol. The van der Waals surface area contributed by atoms with E-state index >= 15 is 0 Å². The molecule has 0 heterocycles. The highest BCUT2D eigenvalue weighted by Crippen LogP contribution is 2.22. The van der Waals surface area contributed by atoms with Crippen molar-refractivity contribution in [3.63, 3.8) is 0 Å². The van der Waals surface area contributed by atoms with Crippen molar-refractivity contribution in [2.45, 2.75) is 20.3 Å². The van der Waals surface area contributed by atoms with Gasteiger partial charge in [-0.15, -0.1) is 0 Å². The van der Waals surface area contributed by atoms with Crippen LogP contribution in [0.25, 0.3) is 0 Å². The number of aryl methyl sites for hydroxylation is 1. The first-order valence-corrected chi connectivity index (χ1v) is 7.77. The second-order valence-electron chi connectivity index (χ2n) is 5.13. The van der Waals surface area contributed by atoms with Crippen LogP contribution < -0.4 is 10.6 Å². The molecule has 0 fully saturated rings. The van der Waals surface area contributed by atoms with Gasteiger partial charge in [0, 0.05) is 34.4 Å². The number of amides is 1. The van der Waals surface area contributed by atoms with Crippen LogP contribution in [0.3, 0.4) is 0 Å². The SMILES string of the molecule is Cc1cccc(NC(=O)CCNc2cc(Cl)cc(Cl)c2)c1C. The maximum absolute atomic E-state index is 12.0. The summed E-state index contributed by atoms with van der Waals surface area (Å²) < 4.78 is 0. The zero-order chi connectivity index (χ0) is 16.1. The number of carbonyl (C=O) groups excluding carboxylic acids is 1. The van der Waals surface area contributed by atoms with Gasteiger partial charge in [0.15, 0.2) is 0 Å². The average Bonchev–Trinajstić information content (AvgIpc) is 2.43. The number of rotatable bonds is 5. The summed E-state index contributed by atoms with van der Waals surface area (Å²) in [6.07, 6.45) is 0.359. The van der Waals surface area contributed by atoms with Crippen LogP contribution in [0, 0.1) is 13.8 Å². The van der Waals surface area contributed by atoms with Crippen molar-refractivity contribution in [1.82, 2.24) is 0 Å². The van der Waals surface area contributed by atoms with E-state index in [0.717, 1.165) is 22.5 Å². The van der Waals surface area contributed by atoms with Crippen molar-refractivity contribution in [1.29, 1.82) is 0 Å². The lowest BCUT2D eigenvalue weighted by Gasteiger charge is -2.11. The molecule has 116 valence electrons. The predicted octanol–water partition coefficient (Wildman–Crippen LogP) is 5.05. The van der Waals surface area contributed by atoms with Crippen LogP contribution in [0.4, 0.5) is 11.4 Å². The highest BCUT2D eigenvalue weighted by molar-refractivity contribution is 6.35. The van der Waals surface area contributed by atoms with Crippen molar-refractivity contribution in [2.75, 3.05) is 17.2 Å². The van der Waals surface area contributed by atoms with Crippen LogP contribution >= 0.6 is 23.2 Å². The maximum Gasteiger partial charge on any atom is 0.226 e. The van der Waals surface area contributed by atoms with Crippen molar-refractivity contribution in [3.8, 4) is 0 Å². The molecule has 0 aliphatic heterocycles. The molecular weight excluding hydrogens is 319 g/mol. The monoisotopic (exact) mass is 336 g/mol. The largest absolute Gasteiger partial charge is 0.384 e. The Kier molecular flexibility index (Phi) is 5.69. The molecule has 0 spiro atoms. The Balaban J connectivity index is 1.86. The second-order valence-corrected chi connectivity index (χ2v) is 6.00. The minimum absolute atomic E-state index is 0.0330. The van der Waals surface area contributed by atoms with Gasteiger partial charge in [0.1, 0.15) is 0 Å². The van der Waals surface area contributed by atoms with E-state index in [9.17, 15) is 4.79 Å². The molecule has 1 amide bonds. The Bertz CT molecular complexity index is 666. The summed E-state index contributed by atoms with van der Waals surface area (Å²) in [5.41, 5.74) is 3.91. The molecular formula is C17H18Cl2N2O. The lowest BCUT2D eigenvalue weighted by Crippen LogP contribution is -2.17. The van der Waals surface area contributed by atoms with Gasteiger partial charge in [0.2, 0.25) is 5.91 Å². The summed E-state index contributed by atoms with van der Waals surface area (Å²) >= 11 is 11.9. The Labute approximate surface area is 140 Å². The molecule has 0 bridgehead atoms. The summed E-state index contributed by atoms with van der Waals surface area (Å²) in [4.78, 5) is 12.0. The maximum atomic E-state index is 12.0. The third-order valence-corrected chi connectivity index (χ3v) is 3.86. The molecule has 0 unspecified atom stereocenters. The number of hydrogen-bond donors (Lipinski definition) is 2. The minimum Gasteiger partial charge on any atom is -0.384 e. The summed E-state index contributed by atoms with van der Waals surface area (Å²) in [6, 6.07) is 11.1. The van der Waals surface area contributed by atoms with Crippen LogP contribution in [0.1, 0.15) is 17.5 Å². The molecule has 0 aliphatic rings. The van der Waals surface area contributed by atoms with Crippen LogP contribution in [0.2, 0.25) is 10.0 Å². The lowest BCUT2D eigenvalue weighted by atomic mass is 10.1. The molecule has 2 aromatic carbocycles. The van der Waals surface area contributed by atoms with Crippen LogP contribution in [0.5, 0.6) is 0 Å². The fourth-order valence-corrected chi connectivity index (χ4v) is 2.60. The summed E-state index contributed by atoms with van der Waals surface area (Å²) in [5, 5.41) is 7.20. The third kappa shape index (κ3) is 4.65. The first-order chi connectivity index (χ1) is 10.5. The van der Waals surface area contributed by atoms with Gasteiger partial charge in [-0.3, -0.25) is 4.79 Å². The van der Waals surface area contributed by atoms with Gasteiger partial charge in [-0.25, -0.2) is 0 Å². The minimum atomic E-state index is -0.0330. The Morgan fingerprint density at radius 3 is 2.45 bits per heavy atom. The second kappa shape index (κ2) is 7.52. The highest BCUT2D eigenvalue weighted by atomic mass is 35.5. The van der Waals surface area contributed by atoms with E-state index in [1.807, 2.05) is 32.0 Å². The predicted molar refractivity (Wildman–Crippen MR) is 94.1 cm³/mol. The van der Waals surface area contributed by atoms with E-state index in [-0.39, 0.29) is 5.91 Å². The normalized spacial score (nSPS) is 10.4. The topological polar surface area (TPSA) is 41.1 Å². The van der Waals surface area contributed by atoms with Gasteiger partial charge in [-0.2, -0.15) is 0 Å². The Morgan fingerprint density at radius 2 is 1.77 bits per heavy atom. The van der Waals surface area contributed by atoms with Gasteiger partial charge >= 0.3 is 0 Å². The Hall–Kier alpha value is -1.71. The summed E-state index contributed by atoms with van der Waals surface area (Å²) in [7, 11) is 0. The molecule has 3 nitrogen and oxygen atoms in total. The number of hydrogen-bond acceptors (Lipinski definition) is 2. The van der Waals surface area contributed by atoms with Gasteiger partial charge in [0.25, 0.3) is 0 Å². The van der Waals surface area contributed by atoms with E-state index in [1.54, 1.807) is 18.2 Å². The van der Waals surface area contributed by atoms with Gasteiger partial charge < -0.3 is 10.6 Å². The van der Waals surface area contributed by atoms with Crippen LogP contribution in [-0.2, 0) is 4.79 Å². The standard InChI is InChI=1S/C17H18Cl2N2O/c1-11-4-3-5-16(12(11)2)21-17(22)6-7-20-15-9-13(18)8-14(19)10-15/h3-5,8-10,20H,6-7H2,1-2H3,(H,21,22). The smallest absolute Gasteiger partial charge is 0.226 e. The molecule has 0 aliphatic carbocycles. The lowest BCUT2D eigenvalue weighted by molar-refractivity contribution is -0.115. The van der Waals surface area contributed by atoms with Crippen LogP contribution in [0.15, 0.2) is 36.4 Å². The van der Waals surface area contributed by atoms with Crippen molar-refractivity contribution in [3.05, 3.63) is 57.6 Å². The first kappa shape index (κ1) is 16.7. The van der Waals surface area contributed by atoms with E-state index in [1.165, 1.54) is 0 Å². The quantitative estimate of drug-likeness (QED) is 0.801. The molecule has 0 saturated carbocycles. The molecule has 5 heteroatoms. The van der Waals surface area contributed by atoms with Crippen molar-refractivity contribution >= 4 is 40.5 Å². The van der Waals surface area contributed by atoms with E-state index < -0.39 is 0 Å². The number of anilines is 2. The molecule has 0 aromatic heterocycles. The fraction of sp³-hybridized carbons (Fsp3) is 0.235. The summed E-state index contributed by atoms with van der Waals surface area (Å²) in [5.74, 6) is -0.0330. The third-order valence-electron chi connectivity index (χ3n) is 3.42. The molecule has 0 saturated heterocycles. The molecule has 2 aromatic rings. The molecule has 2 rings (SSSR count). The molecule has 0 radical (unpaired) electrons. The summed E-state index contributed by atoms with van der Waals surface area (Å²) in [6.45, 7) is 4.53. The van der Waals surface area contributed by atoms with Crippen molar-refractivity contribution in [2.24, 2.45) is 0 Å². The van der Waals surface area contributed by atoms with E-state index in [2.05, 4.69) is 10.6 Å². The van der Waals surface area contributed by atoms with Gasteiger partial charge in [-0.05, 0) is 49.2 Å². The highest BCUT2D eigenvalue weighted by Gasteiger charge is 2.06.